The number of nitrogens with zero attached hydrogens (tertiary/aromatic N) is 1. The van der Waals surface area contributed by atoms with Crippen molar-refractivity contribution in [1.82, 2.24) is 14.6 Å². The van der Waals surface area contributed by atoms with Crippen LogP contribution in [0.4, 0.5) is 10.1 Å². The molecule has 1 aromatic carbocycles. The number of hydrogen-bond donors (Lipinski definition) is 3. The molecule has 2 atom stereocenters. The number of amides is 1. The Kier molecular flexibility index (Phi) is 4.98. The lowest BCUT2D eigenvalue weighted by Crippen LogP contribution is -2.42. The fourth-order valence-electron chi connectivity index (χ4n) is 3.58. The molecule has 1 amide bonds. The van der Waals surface area contributed by atoms with Crippen LogP contribution in [0.25, 0.3) is 0 Å². The molecule has 2 aromatic rings. The summed E-state index contributed by atoms with van der Waals surface area (Å²) in [6.45, 7) is 2.95. The van der Waals surface area contributed by atoms with Gasteiger partial charge in [-0.1, -0.05) is 0 Å². The van der Waals surface area contributed by atoms with Gasteiger partial charge in [0.25, 0.3) is 5.91 Å². The van der Waals surface area contributed by atoms with E-state index < -0.39 is 15.9 Å². The highest BCUT2D eigenvalue weighted by molar-refractivity contribution is 8.00. The first-order valence-electron chi connectivity index (χ1n) is 8.89. The van der Waals surface area contributed by atoms with Gasteiger partial charge < -0.3 is 15.2 Å². The van der Waals surface area contributed by atoms with Crippen molar-refractivity contribution in [1.29, 1.82) is 0 Å². The first kappa shape index (κ1) is 19.4. The lowest BCUT2D eigenvalue weighted by molar-refractivity contribution is 0.101. The number of fused-ring (bicyclic) bond motifs is 2. The lowest BCUT2D eigenvalue weighted by atomic mass is 10.1. The van der Waals surface area contributed by atoms with Crippen LogP contribution in [0.3, 0.4) is 0 Å². The number of aryl methyl sites for hydroxylation is 2. The van der Waals surface area contributed by atoms with Gasteiger partial charge in [0, 0.05) is 43.8 Å². The van der Waals surface area contributed by atoms with E-state index in [1.165, 1.54) is 34.7 Å². The summed E-state index contributed by atoms with van der Waals surface area (Å²) >= 11 is 1.39. The Hall–Kier alpha value is -1.88. The third kappa shape index (κ3) is 3.45. The molecule has 0 aliphatic carbocycles. The van der Waals surface area contributed by atoms with E-state index in [4.69, 9.17) is 0 Å². The summed E-state index contributed by atoms with van der Waals surface area (Å²) in [5.41, 5.74) is 1.15. The number of sulfonamides is 1. The molecule has 3 N–H and O–H groups in total. The molecule has 0 saturated carbocycles. The molecular formula is C18H21FN4O3S2. The number of anilines is 1. The van der Waals surface area contributed by atoms with Gasteiger partial charge in [-0.05, 0) is 36.6 Å². The van der Waals surface area contributed by atoms with Gasteiger partial charge >= 0.3 is 0 Å². The van der Waals surface area contributed by atoms with E-state index in [9.17, 15) is 17.6 Å². The van der Waals surface area contributed by atoms with Gasteiger partial charge in [0.1, 0.15) is 16.4 Å². The molecule has 150 valence electrons. The van der Waals surface area contributed by atoms with Crippen LogP contribution in [-0.2, 0) is 17.1 Å². The smallest absolute Gasteiger partial charge is 0.273 e. The summed E-state index contributed by atoms with van der Waals surface area (Å²) in [5.74, 6) is 0.0741. The van der Waals surface area contributed by atoms with Gasteiger partial charge in [-0.2, -0.15) is 0 Å². The summed E-state index contributed by atoms with van der Waals surface area (Å²) in [6.07, 6.45) is 1.47. The molecule has 1 saturated heterocycles. The normalized spacial score (nSPS) is 23.4. The Balaban J connectivity index is 1.70. The fraction of sp³-hybridized carbons (Fsp3) is 0.389. The highest BCUT2D eigenvalue weighted by atomic mass is 32.2. The van der Waals surface area contributed by atoms with Crippen molar-refractivity contribution in [3.8, 4) is 0 Å². The van der Waals surface area contributed by atoms with E-state index in [2.05, 4.69) is 15.4 Å². The summed E-state index contributed by atoms with van der Waals surface area (Å²) in [5, 5.41) is 5.96. The number of hydrogen-bond acceptors (Lipinski definition) is 5. The van der Waals surface area contributed by atoms with Crippen LogP contribution in [-0.4, -0.2) is 43.8 Å². The highest BCUT2D eigenvalue weighted by Crippen LogP contribution is 2.36. The summed E-state index contributed by atoms with van der Waals surface area (Å²) in [4.78, 5) is 13.5. The van der Waals surface area contributed by atoms with E-state index in [-0.39, 0.29) is 28.4 Å². The number of halogens is 1. The zero-order valence-electron chi connectivity index (χ0n) is 15.5. The maximum absolute atomic E-state index is 13.5. The fourth-order valence-corrected chi connectivity index (χ4v) is 6.83. The standard InChI is InChI=1S/C18H21FN4O3S2/c1-10-5-12(3-4-13(10)19)21-18(24)16-17-15(8-23(16)2)28(25,26)22-14-7-20-6-11(14)9-27-17/h3-5,8,11,14,20,22H,6-7,9H2,1-2H3,(H,21,24). The third-order valence-corrected chi connectivity index (χ3v) is 8.04. The molecule has 2 unspecified atom stereocenters. The molecule has 4 rings (SSSR count). The van der Waals surface area contributed by atoms with Crippen molar-refractivity contribution in [3.63, 3.8) is 0 Å². The van der Waals surface area contributed by atoms with Crippen LogP contribution in [0, 0.1) is 18.7 Å². The Morgan fingerprint density at radius 2 is 2.14 bits per heavy atom. The van der Waals surface area contributed by atoms with Crippen LogP contribution in [0.1, 0.15) is 16.1 Å². The zero-order valence-corrected chi connectivity index (χ0v) is 17.1. The van der Waals surface area contributed by atoms with Crippen LogP contribution in [0.2, 0.25) is 0 Å². The molecule has 1 aromatic heterocycles. The molecule has 10 heteroatoms. The second kappa shape index (κ2) is 7.18. The van der Waals surface area contributed by atoms with Crippen LogP contribution in [0.15, 0.2) is 34.2 Å². The second-order valence-corrected chi connectivity index (χ2v) is 9.87. The van der Waals surface area contributed by atoms with E-state index >= 15 is 0 Å². The van der Waals surface area contributed by atoms with E-state index in [0.29, 0.717) is 28.4 Å². The Morgan fingerprint density at radius 1 is 1.36 bits per heavy atom. The zero-order chi connectivity index (χ0) is 20.1. The van der Waals surface area contributed by atoms with E-state index in [1.54, 1.807) is 20.0 Å². The molecule has 2 aliphatic rings. The molecule has 3 heterocycles. The monoisotopic (exact) mass is 424 g/mol. The van der Waals surface area contributed by atoms with Gasteiger partial charge in [-0.25, -0.2) is 17.5 Å². The average Bonchev–Trinajstić information content (AvgIpc) is 3.18. The predicted octanol–water partition coefficient (Wildman–Crippen LogP) is 1.70. The molecule has 2 aliphatic heterocycles. The van der Waals surface area contributed by atoms with Crippen molar-refractivity contribution in [2.24, 2.45) is 13.0 Å². The third-order valence-electron chi connectivity index (χ3n) is 5.11. The van der Waals surface area contributed by atoms with Crippen molar-refractivity contribution in [2.45, 2.75) is 22.8 Å². The molecular weight excluding hydrogens is 403 g/mol. The molecule has 0 bridgehead atoms. The van der Waals surface area contributed by atoms with Crippen LogP contribution >= 0.6 is 11.8 Å². The largest absolute Gasteiger partial charge is 0.344 e. The predicted molar refractivity (Wildman–Crippen MR) is 106 cm³/mol. The minimum Gasteiger partial charge on any atom is -0.344 e. The summed E-state index contributed by atoms with van der Waals surface area (Å²) < 4.78 is 43.5. The second-order valence-electron chi connectivity index (χ2n) is 7.16. The van der Waals surface area contributed by atoms with Crippen molar-refractivity contribution in [3.05, 3.63) is 41.5 Å². The lowest BCUT2D eigenvalue weighted by Gasteiger charge is -2.23. The first-order valence-corrected chi connectivity index (χ1v) is 11.4. The number of benzene rings is 1. The minimum atomic E-state index is -3.74. The van der Waals surface area contributed by atoms with Crippen molar-refractivity contribution in [2.75, 3.05) is 24.2 Å². The van der Waals surface area contributed by atoms with Gasteiger partial charge in [-0.3, -0.25) is 4.79 Å². The Morgan fingerprint density at radius 3 is 2.89 bits per heavy atom. The molecule has 1 fully saturated rings. The number of aromatic nitrogens is 1. The van der Waals surface area contributed by atoms with E-state index in [0.717, 1.165) is 6.54 Å². The van der Waals surface area contributed by atoms with Crippen LogP contribution in [0.5, 0.6) is 0 Å². The Bertz CT molecular complexity index is 1050. The molecule has 0 radical (unpaired) electrons. The van der Waals surface area contributed by atoms with E-state index in [1.807, 2.05) is 0 Å². The minimum absolute atomic E-state index is 0.116. The SMILES string of the molecule is Cc1cc(NC(=O)c2c3c(cn2C)S(=O)(=O)NC2CNCC2CS3)ccc1F. The van der Waals surface area contributed by atoms with Gasteiger partial charge in [-0.15, -0.1) is 11.8 Å². The van der Waals surface area contributed by atoms with Gasteiger partial charge in [0.15, 0.2) is 0 Å². The number of nitrogens with one attached hydrogen (secondary N) is 3. The molecule has 0 spiro atoms. The number of carbonyl (C=O) groups excluding carboxylic acids is 1. The average molecular weight is 425 g/mol. The maximum atomic E-state index is 13.5. The van der Waals surface area contributed by atoms with Crippen molar-refractivity contribution >= 4 is 33.4 Å². The van der Waals surface area contributed by atoms with Crippen molar-refractivity contribution < 1.29 is 17.6 Å². The first-order chi connectivity index (χ1) is 13.3. The number of rotatable bonds is 2. The highest BCUT2D eigenvalue weighted by Gasteiger charge is 2.37. The quantitative estimate of drug-likeness (QED) is 0.683. The topological polar surface area (TPSA) is 92.2 Å². The number of thioether (sulfide) groups is 1. The summed E-state index contributed by atoms with van der Waals surface area (Å²) in [6, 6.07) is 4.16. The molecule has 28 heavy (non-hydrogen) atoms. The van der Waals surface area contributed by atoms with Gasteiger partial charge in [0.05, 0.1) is 4.90 Å². The maximum Gasteiger partial charge on any atom is 0.273 e. The van der Waals surface area contributed by atoms with Gasteiger partial charge in [0.2, 0.25) is 10.0 Å². The number of carbonyl (C=O) groups is 1. The molecule has 7 nitrogen and oxygen atoms in total. The van der Waals surface area contributed by atoms with Crippen LogP contribution < -0.4 is 15.4 Å². The summed E-state index contributed by atoms with van der Waals surface area (Å²) in [7, 11) is -2.09. The Labute approximate surface area is 167 Å².